The zero-order chi connectivity index (χ0) is 11.9. The predicted octanol–water partition coefficient (Wildman–Crippen LogP) is 1.90. The maximum absolute atomic E-state index is 9.67. The van der Waals surface area contributed by atoms with Gasteiger partial charge in [-0.2, -0.15) is 5.26 Å². The molecule has 2 unspecified atom stereocenters. The first-order chi connectivity index (χ1) is 8.23. The summed E-state index contributed by atoms with van der Waals surface area (Å²) >= 11 is 0. The van der Waals surface area contributed by atoms with Crippen molar-refractivity contribution >= 4 is 0 Å². The Morgan fingerprint density at radius 1 is 1.29 bits per heavy atom. The predicted molar refractivity (Wildman–Crippen MR) is 67.5 cm³/mol. The maximum Gasteiger partial charge on any atom is 0.122 e. The van der Waals surface area contributed by atoms with Crippen molar-refractivity contribution in [3.8, 4) is 6.07 Å². The van der Waals surface area contributed by atoms with E-state index in [0.717, 1.165) is 6.54 Å². The molecule has 2 atom stereocenters. The fourth-order valence-electron chi connectivity index (χ4n) is 3.17. The molecule has 2 aliphatic carbocycles. The minimum atomic E-state index is -0.236. The maximum atomic E-state index is 9.67. The molecule has 3 fully saturated rings. The fourth-order valence-corrected chi connectivity index (χ4v) is 3.17. The van der Waals surface area contributed by atoms with Gasteiger partial charge < -0.3 is 0 Å². The Labute approximate surface area is 104 Å². The van der Waals surface area contributed by atoms with E-state index >= 15 is 0 Å². The third-order valence-corrected chi connectivity index (χ3v) is 4.66. The summed E-state index contributed by atoms with van der Waals surface area (Å²) in [5.74, 6) is 0.612. The van der Waals surface area contributed by atoms with Gasteiger partial charge in [0.2, 0.25) is 0 Å². The summed E-state index contributed by atoms with van der Waals surface area (Å²) in [7, 11) is 0. The van der Waals surface area contributed by atoms with Crippen molar-refractivity contribution in [2.24, 2.45) is 5.92 Å². The van der Waals surface area contributed by atoms with Gasteiger partial charge in [0.05, 0.1) is 6.07 Å². The Balaban J connectivity index is 1.70. The van der Waals surface area contributed by atoms with Crippen LogP contribution >= 0.6 is 0 Å². The van der Waals surface area contributed by atoms with E-state index in [0.29, 0.717) is 18.0 Å². The monoisotopic (exact) mass is 233 g/mol. The SMILES string of the molecule is CC1CCCN1CC(C#N)(NC1CC1)C1CC1. The summed E-state index contributed by atoms with van der Waals surface area (Å²) in [4.78, 5) is 2.52. The minimum Gasteiger partial charge on any atom is -0.298 e. The van der Waals surface area contributed by atoms with Crippen LogP contribution in [0.15, 0.2) is 0 Å². The number of nitriles is 1. The van der Waals surface area contributed by atoms with Gasteiger partial charge in [-0.05, 0) is 57.9 Å². The Bertz CT molecular complexity index is 327. The van der Waals surface area contributed by atoms with Crippen molar-refractivity contribution in [2.75, 3.05) is 13.1 Å². The van der Waals surface area contributed by atoms with Crippen molar-refractivity contribution < 1.29 is 0 Å². The summed E-state index contributed by atoms with van der Waals surface area (Å²) in [6.07, 6.45) is 7.63. The van der Waals surface area contributed by atoms with Crippen molar-refractivity contribution in [1.82, 2.24) is 10.2 Å². The van der Waals surface area contributed by atoms with Crippen molar-refractivity contribution in [2.45, 2.75) is 63.1 Å². The Morgan fingerprint density at radius 2 is 2.06 bits per heavy atom. The van der Waals surface area contributed by atoms with Crippen LogP contribution in [-0.2, 0) is 0 Å². The highest BCUT2D eigenvalue weighted by Gasteiger charge is 2.49. The molecule has 0 bridgehead atoms. The second-order valence-electron chi connectivity index (χ2n) is 6.24. The van der Waals surface area contributed by atoms with Gasteiger partial charge in [0.25, 0.3) is 0 Å². The van der Waals surface area contributed by atoms with Crippen LogP contribution in [-0.4, -0.2) is 35.6 Å². The van der Waals surface area contributed by atoms with Crippen LogP contribution in [0.2, 0.25) is 0 Å². The average Bonchev–Trinajstić information content (AvgIpc) is 3.21. The molecule has 0 radical (unpaired) electrons. The molecule has 0 aromatic carbocycles. The largest absolute Gasteiger partial charge is 0.298 e. The number of hydrogen-bond donors (Lipinski definition) is 1. The van der Waals surface area contributed by atoms with E-state index in [2.05, 4.69) is 23.2 Å². The van der Waals surface area contributed by atoms with Crippen molar-refractivity contribution in [3.63, 3.8) is 0 Å². The summed E-state index contributed by atoms with van der Waals surface area (Å²) in [5.41, 5.74) is -0.236. The quantitative estimate of drug-likeness (QED) is 0.788. The molecule has 3 aliphatic rings. The van der Waals surface area contributed by atoms with Crippen molar-refractivity contribution in [1.29, 1.82) is 5.26 Å². The smallest absolute Gasteiger partial charge is 0.122 e. The van der Waals surface area contributed by atoms with Gasteiger partial charge in [-0.3, -0.25) is 10.2 Å². The molecule has 3 heteroatoms. The highest BCUT2D eigenvalue weighted by atomic mass is 15.2. The van der Waals surface area contributed by atoms with E-state index in [1.165, 1.54) is 45.1 Å². The Morgan fingerprint density at radius 3 is 2.53 bits per heavy atom. The minimum absolute atomic E-state index is 0.236. The molecule has 0 amide bonds. The molecule has 94 valence electrons. The molecule has 0 aromatic heterocycles. The lowest BCUT2D eigenvalue weighted by atomic mass is 9.93. The first-order valence-corrected chi connectivity index (χ1v) is 7.16. The van der Waals surface area contributed by atoms with Crippen LogP contribution in [0.25, 0.3) is 0 Å². The third kappa shape index (κ3) is 2.34. The number of nitrogens with one attached hydrogen (secondary N) is 1. The first kappa shape index (κ1) is 11.5. The molecule has 2 saturated carbocycles. The lowest BCUT2D eigenvalue weighted by molar-refractivity contribution is 0.189. The topological polar surface area (TPSA) is 39.1 Å². The molecule has 1 N–H and O–H groups in total. The molecule has 1 saturated heterocycles. The van der Waals surface area contributed by atoms with Crippen LogP contribution in [0.4, 0.5) is 0 Å². The van der Waals surface area contributed by atoms with E-state index in [-0.39, 0.29) is 5.54 Å². The van der Waals surface area contributed by atoms with E-state index in [9.17, 15) is 5.26 Å². The second-order valence-corrected chi connectivity index (χ2v) is 6.24. The molecule has 3 rings (SSSR count). The molecule has 17 heavy (non-hydrogen) atoms. The fraction of sp³-hybridized carbons (Fsp3) is 0.929. The highest BCUT2D eigenvalue weighted by Crippen LogP contribution is 2.42. The van der Waals surface area contributed by atoms with Crippen LogP contribution in [0.1, 0.15) is 45.4 Å². The molecule has 0 spiro atoms. The Hall–Kier alpha value is -0.590. The number of rotatable bonds is 5. The zero-order valence-corrected chi connectivity index (χ0v) is 10.8. The van der Waals surface area contributed by atoms with Gasteiger partial charge in [-0.15, -0.1) is 0 Å². The van der Waals surface area contributed by atoms with Gasteiger partial charge in [0.15, 0.2) is 0 Å². The molecule has 0 aromatic rings. The second kappa shape index (κ2) is 4.26. The third-order valence-electron chi connectivity index (χ3n) is 4.66. The van der Waals surface area contributed by atoms with Crippen LogP contribution in [0, 0.1) is 17.2 Å². The van der Waals surface area contributed by atoms with Gasteiger partial charge >= 0.3 is 0 Å². The van der Waals surface area contributed by atoms with E-state index < -0.39 is 0 Å². The average molecular weight is 233 g/mol. The highest BCUT2D eigenvalue weighted by molar-refractivity contribution is 5.19. The van der Waals surface area contributed by atoms with E-state index in [1.54, 1.807) is 0 Å². The first-order valence-electron chi connectivity index (χ1n) is 7.16. The van der Waals surface area contributed by atoms with Crippen LogP contribution in [0.3, 0.4) is 0 Å². The van der Waals surface area contributed by atoms with Crippen LogP contribution < -0.4 is 5.32 Å². The van der Waals surface area contributed by atoms with Crippen LogP contribution in [0.5, 0.6) is 0 Å². The number of likely N-dealkylation sites (tertiary alicyclic amines) is 1. The summed E-state index contributed by atoms with van der Waals surface area (Å²) < 4.78 is 0. The van der Waals surface area contributed by atoms with E-state index in [1.807, 2.05) is 0 Å². The molecule has 1 heterocycles. The van der Waals surface area contributed by atoms with Gasteiger partial charge in [-0.25, -0.2) is 0 Å². The lowest BCUT2D eigenvalue weighted by Crippen LogP contribution is -2.55. The summed E-state index contributed by atoms with van der Waals surface area (Å²) in [5, 5.41) is 13.3. The number of nitrogens with zero attached hydrogens (tertiary/aromatic N) is 2. The Kier molecular flexibility index (Phi) is 2.88. The normalized spacial score (nSPS) is 33.3. The van der Waals surface area contributed by atoms with Gasteiger partial charge in [-0.1, -0.05) is 0 Å². The summed E-state index contributed by atoms with van der Waals surface area (Å²) in [6, 6.07) is 3.95. The standard InChI is InChI=1S/C14H23N3/c1-11-3-2-8-17(11)10-14(9-15,12-4-5-12)16-13-6-7-13/h11-13,16H,2-8,10H2,1H3. The summed E-state index contributed by atoms with van der Waals surface area (Å²) in [6.45, 7) is 4.44. The molecule has 3 nitrogen and oxygen atoms in total. The molecular weight excluding hydrogens is 210 g/mol. The number of hydrogen-bond acceptors (Lipinski definition) is 3. The van der Waals surface area contributed by atoms with Gasteiger partial charge in [0.1, 0.15) is 5.54 Å². The van der Waals surface area contributed by atoms with Gasteiger partial charge in [0, 0.05) is 18.6 Å². The lowest BCUT2D eigenvalue weighted by Gasteiger charge is -2.34. The molecular formula is C14H23N3. The van der Waals surface area contributed by atoms with E-state index in [4.69, 9.17) is 0 Å². The molecule has 1 aliphatic heterocycles. The van der Waals surface area contributed by atoms with Crippen molar-refractivity contribution in [3.05, 3.63) is 0 Å². The zero-order valence-electron chi connectivity index (χ0n) is 10.8.